The molecule has 3 aliphatic rings. The van der Waals surface area contributed by atoms with E-state index in [1.807, 2.05) is 58.0 Å². The number of benzene rings is 4. The molecule has 0 bridgehead atoms. The third kappa shape index (κ3) is 4.14. The van der Waals surface area contributed by atoms with Crippen molar-refractivity contribution in [3.63, 3.8) is 0 Å². The fourth-order valence-electron chi connectivity index (χ4n) is 6.84. The van der Waals surface area contributed by atoms with Crippen LogP contribution in [-0.2, 0) is 4.74 Å². The number of ether oxygens (including phenoxy) is 2. The zero-order valence-corrected chi connectivity index (χ0v) is 24.4. The number of hydrogen-bond acceptors (Lipinski definition) is 6. The smallest absolute Gasteiger partial charge is 0.259 e. The van der Waals surface area contributed by atoms with Crippen molar-refractivity contribution in [2.45, 2.75) is 6.92 Å². The number of piperazine rings is 1. The minimum Gasteiger partial charge on any atom is -0.451 e. The molecule has 0 saturated carbocycles. The van der Waals surface area contributed by atoms with Crippen LogP contribution in [0.2, 0.25) is 0 Å². The Kier molecular flexibility index (Phi) is 6.30. The van der Waals surface area contributed by atoms with Crippen LogP contribution in [0.5, 0.6) is 11.5 Å². The van der Waals surface area contributed by atoms with Crippen LogP contribution in [0.4, 0.5) is 15.8 Å². The van der Waals surface area contributed by atoms with Gasteiger partial charge < -0.3 is 28.7 Å². The Morgan fingerprint density at radius 1 is 0.818 bits per heavy atom. The summed E-state index contributed by atoms with van der Waals surface area (Å²) in [5.74, 6) is -0.0813. The molecule has 8 rings (SSSR count). The lowest BCUT2D eigenvalue weighted by atomic mass is 10.0. The molecule has 0 atom stereocenters. The first-order valence-electron chi connectivity index (χ1n) is 15.0. The lowest BCUT2D eigenvalue weighted by Crippen LogP contribution is -2.47. The van der Waals surface area contributed by atoms with Crippen molar-refractivity contribution in [1.29, 1.82) is 0 Å². The van der Waals surface area contributed by atoms with Crippen LogP contribution >= 0.6 is 0 Å². The fourth-order valence-corrected chi connectivity index (χ4v) is 6.84. The summed E-state index contributed by atoms with van der Waals surface area (Å²) in [5, 5.41) is 2.02. The molecule has 0 unspecified atom stereocenters. The van der Waals surface area contributed by atoms with E-state index >= 15 is 4.39 Å². The summed E-state index contributed by atoms with van der Waals surface area (Å²) in [5.41, 5.74) is 3.40. The van der Waals surface area contributed by atoms with Gasteiger partial charge in [-0.3, -0.25) is 9.59 Å². The number of anilines is 2. The van der Waals surface area contributed by atoms with Gasteiger partial charge in [-0.05, 0) is 36.1 Å². The number of aromatic nitrogens is 1. The van der Waals surface area contributed by atoms with E-state index in [1.54, 1.807) is 11.1 Å². The first kappa shape index (κ1) is 26.7. The van der Waals surface area contributed by atoms with Crippen LogP contribution in [0.25, 0.3) is 27.4 Å². The van der Waals surface area contributed by atoms with E-state index < -0.39 is 11.2 Å². The Morgan fingerprint density at radius 2 is 1.55 bits per heavy atom. The molecule has 9 heteroatoms. The monoisotopic (exact) mass is 590 g/mol. The molecule has 2 fully saturated rings. The third-order valence-corrected chi connectivity index (χ3v) is 9.07. The summed E-state index contributed by atoms with van der Waals surface area (Å²) >= 11 is 0. The first-order chi connectivity index (χ1) is 21.5. The van der Waals surface area contributed by atoms with E-state index in [-0.39, 0.29) is 16.9 Å². The van der Waals surface area contributed by atoms with Crippen molar-refractivity contribution in [3.8, 4) is 17.2 Å². The standard InChI is InChI=1S/C35H31FN4O4/c1-22-6-2-5-9-28(22)37-12-14-38(15-13-37)32-27(36)20-25-31-34(32)44-29-11-10-23-7-3-4-8-24(23)30(29)40(31)21-26(33(25)41)35(42)39-16-18-43-19-17-39/h2-11,20-21H,12-19H2,1H3. The number of para-hydroxylation sites is 1. The predicted molar refractivity (Wildman–Crippen MR) is 169 cm³/mol. The van der Waals surface area contributed by atoms with E-state index in [0.717, 1.165) is 16.5 Å². The Balaban J connectivity index is 1.30. The van der Waals surface area contributed by atoms with Gasteiger partial charge in [0.2, 0.25) is 5.43 Å². The molecule has 4 heterocycles. The summed E-state index contributed by atoms with van der Waals surface area (Å²) in [6, 6.07) is 21.3. The molecule has 1 aromatic heterocycles. The molecule has 222 valence electrons. The van der Waals surface area contributed by atoms with Crippen molar-refractivity contribution >= 4 is 39.0 Å². The second-order valence-corrected chi connectivity index (χ2v) is 11.6. The second-order valence-electron chi connectivity index (χ2n) is 11.6. The minimum absolute atomic E-state index is 0.00475. The SMILES string of the molecule is Cc1ccccc1N1CCN(c2c(F)cc3c(=O)c(C(=O)N4CCOCC4)cn4c3c2Oc2ccc3ccccc3c2-4)CC1. The summed E-state index contributed by atoms with van der Waals surface area (Å²) in [6.07, 6.45) is 1.62. The number of hydrogen-bond donors (Lipinski definition) is 0. The van der Waals surface area contributed by atoms with Gasteiger partial charge in [0.05, 0.1) is 24.3 Å². The maximum atomic E-state index is 16.3. The maximum absolute atomic E-state index is 16.3. The molecule has 44 heavy (non-hydrogen) atoms. The summed E-state index contributed by atoms with van der Waals surface area (Å²) < 4.78 is 30.1. The van der Waals surface area contributed by atoms with Gasteiger partial charge in [-0.2, -0.15) is 0 Å². The zero-order valence-electron chi connectivity index (χ0n) is 24.4. The van der Waals surface area contributed by atoms with Crippen LogP contribution < -0.4 is 20.0 Å². The van der Waals surface area contributed by atoms with E-state index in [4.69, 9.17) is 9.47 Å². The van der Waals surface area contributed by atoms with Crippen molar-refractivity contribution in [1.82, 2.24) is 9.47 Å². The van der Waals surface area contributed by atoms with Crippen LogP contribution in [0.3, 0.4) is 0 Å². The van der Waals surface area contributed by atoms with Crippen molar-refractivity contribution in [3.05, 3.63) is 100 Å². The summed E-state index contributed by atoms with van der Waals surface area (Å²) in [4.78, 5) is 33.6. The van der Waals surface area contributed by atoms with Crippen LogP contribution in [0.1, 0.15) is 15.9 Å². The largest absolute Gasteiger partial charge is 0.451 e. The van der Waals surface area contributed by atoms with E-state index in [9.17, 15) is 9.59 Å². The molecule has 0 spiro atoms. The number of halogens is 1. The van der Waals surface area contributed by atoms with Gasteiger partial charge in [0, 0.05) is 56.5 Å². The quantitative estimate of drug-likeness (QED) is 0.271. The molecule has 0 aliphatic carbocycles. The third-order valence-electron chi connectivity index (χ3n) is 9.07. The topological polar surface area (TPSA) is 67.2 Å². The molecule has 4 aromatic carbocycles. The fraction of sp³-hybridized carbons (Fsp3) is 0.257. The zero-order chi connectivity index (χ0) is 29.9. The highest BCUT2D eigenvalue weighted by molar-refractivity contribution is 6.04. The highest BCUT2D eigenvalue weighted by Crippen LogP contribution is 2.48. The second kappa shape index (κ2) is 10.4. The number of pyridine rings is 1. The highest BCUT2D eigenvalue weighted by atomic mass is 19.1. The molecule has 0 N–H and O–H groups in total. The molecule has 5 aromatic rings. The van der Waals surface area contributed by atoms with Gasteiger partial charge in [0.1, 0.15) is 16.8 Å². The Bertz CT molecular complexity index is 2030. The van der Waals surface area contributed by atoms with Gasteiger partial charge >= 0.3 is 0 Å². The van der Waals surface area contributed by atoms with Gasteiger partial charge in [0.15, 0.2) is 17.3 Å². The van der Waals surface area contributed by atoms with E-state index in [1.165, 1.54) is 17.3 Å². The number of rotatable bonds is 3. The highest BCUT2D eigenvalue weighted by Gasteiger charge is 2.33. The summed E-state index contributed by atoms with van der Waals surface area (Å²) in [7, 11) is 0. The van der Waals surface area contributed by atoms with Crippen LogP contribution in [-0.4, -0.2) is 67.9 Å². The van der Waals surface area contributed by atoms with Crippen molar-refractivity contribution < 1.29 is 18.7 Å². The van der Waals surface area contributed by atoms with E-state index in [2.05, 4.69) is 24.0 Å². The lowest BCUT2D eigenvalue weighted by Gasteiger charge is -2.39. The van der Waals surface area contributed by atoms with Gasteiger partial charge in [0.25, 0.3) is 5.91 Å². The van der Waals surface area contributed by atoms with Gasteiger partial charge in [-0.1, -0.05) is 48.5 Å². The minimum atomic E-state index is -0.541. The number of morpholine rings is 1. The summed E-state index contributed by atoms with van der Waals surface area (Å²) in [6.45, 7) is 6.29. The maximum Gasteiger partial charge on any atom is 0.259 e. The normalized spacial score (nSPS) is 16.3. The van der Waals surface area contributed by atoms with E-state index in [0.29, 0.717) is 75.2 Å². The number of fused-ring (bicyclic) bond motifs is 4. The van der Waals surface area contributed by atoms with Crippen LogP contribution in [0.15, 0.2) is 77.7 Å². The van der Waals surface area contributed by atoms with Gasteiger partial charge in [-0.25, -0.2) is 4.39 Å². The Labute approximate surface area is 253 Å². The average Bonchev–Trinajstić information content (AvgIpc) is 3.06. The Hall–Kier alpha value is -4.89. The average molecular weight is 591 g/mol. The van der Waals surface area contributed by atoms with Crippen molar-refractivity contribution in [2.24, 2.45) is 0 Å². The molecule has 8 nitrogen and oxygen atoms in total. The number of carbonyl (C=O) groups is 1. The molecular formula is C35H31FN4O4. The number of carbonyl (C=O) groups excluding carboxylic acids is 1. The first-order valence-corrected chi connectivity index (χ1v) is 15.0. The number of aryl methyl sites for hydroxylation is 1. The molecule has 3 aliphatic heterocycles. The molecular weight excluding hydrogens is 559 g/mol. The number of amides is 1. The lowest BCUT2D eigenvalue weighted by molar-refractivity contribution is 0.0302. The Morgan fingerprint density at radius 3 is 2.34 bits per heavy atom. The molecule has 0 radical (unpaired) electrons. The molecule has 1 amide bonds. The van der Waals surface area contributed by atoms with Gasteiger partial charge in [-0.15, -0.1) is 0 Å². The predicted octanol–water partition coefficient (Wildman–Crippen LogP) is 5.50. The molecule has 2 saturated heterocycles. The van der Waals surface area contributed by atoms with Crippen LogP contribution in [0, 0.1) is 12.7 Å². The number of nitrogens with zero attached hydrogens (tertiary/aromatic N) is 4. The van der Waals surface area contributed by atoms with Crippen molar-refractivity contribution in [2.75, 3.05) is 62.3 Å².